The highest BCUT2D eigenvalue weighted by Crippen LogP contribution is 2.38. The Morgan fingerprint density at radius 2 is 1.62 bits per heavy atom. The second-order valence-electron chi connectivity index (χ2n) is 7.29. The lowest BCUT2D eigenvalue weighted by Gasteiger charge is -2.14. The molecule has 174 valence electrons. The summed E-state index contributed by atoms with van der Waals surface area (Å²) < 4.78 is 16.0. The van der Waals surface area contributed by atoms with Gasteiger partial charge in [-0.25, -0.2) is 0 Å². The molecule has 34 heavy (non-hydrogen) atoms. The third kappa shape index (κ3) is 4.55. The van der Waals surface area contributed by atoms with Crippen LogP contribution in [0.4, 0.5) is 10.5 Å². The number of methoxy groups -OCH3 is 3. The Bertz CT molecular complexity index is 1310. The van der Waals surface area contributed by atoms with Crippen LogP contribution in [0.25, 0.3) is 16.8 Å². The largest absolute Gasteiger partial charge is 0.496 e. The Hall–Kier alpha value is -3.98. The van der Waals surface area contributed by atoms with Crippen molar-refractivity contribution in [2.45, 2.75) is 0 Å². The molecule has 3 amide bonds. The summed E-state index contributed by atoms with van der Waals surface area (Å²) in [7, 11) is 4.49. The fraction of sp³-hybridized carbons (Fsp3) is 0.160. The normalized spacial score (nSPS) is 14.6. The van der Waals surface area contributed by atoms with Crippen LogP contribution in [0, 0.1) is 0 Å². The summed E-state index contributed by atoms with van der Waals surface area (Å²) in [4.78, 5) is 39.3. The van der Waals surface area contributed by atoms with E-state index in [-0.39, 0.29) is 4.91 Å². The number of thioether (sulfide) groups is 1. The van der Waals surface area contributed by atoms with Crippen LogP contribution in [0.2, 0.25) is 0 Å². The smallest absolute Gasteiger partial charge is 0.294 e. The number of ether oxygens (including phenoxy) is 3. The molecule has 1 aliphatic rings. The lowest BCUT2D eigenvalue weighted by atomic mass is 10.1. The number of nitrogens with zero attached hydrogens (tertiary/aromatic N) is 1. The van der Waals surface area contributed by atoms with Crippen LogP contribution >= 0.6 is 11.8 Å². The third-order valence-corrected chi connectivity index (χ3v) is 6.17. The van der Waals surface area contributed by atoms with Gasteiger partial charge < -0.3 is 19.5 Å². The van der Waals surface area contributed by atoms with E-state index in [4.69, 9.17) is 14.2 Å². The summed E-state index contributed by atoms with van der Waals surface area (Å²) in [5.74, 6) is 0.333. The van der Waals surface area contributed by atoms with E-state index in [2.05, 4.69) is 5.32 Å². The maximum absolute atomic E-state index is 12.9. The Morgan fingerprint density at radius 3 is 2.35 bits per heavy atom. The number of benzene rings is 3. The van der Waals surface area contributed by atoms with Crippen molar-refractivity contribution in [2.75, 3.05) is 33.2 Å². The second-order valence-corrected chi connectivity index (χ2v) is 8.29. The summed E-state index contributed by atoms with van der Waals surface area (Å²) in [6.45, 7) is -0.395. The Labute approximate surface area is 200 Å². The highest BCUT2D eigenvalue weighted by Gasteiger charge is 2.36. The molecule has 0 saturated carbocycles. The molecule has 1 heterocycles. The number of hydrogen-bond donors (Lipinski definition) is 1. The van der Waals surface area contributed by atoms with Crippen molar-refractivity contribution in [1.29, 1.82) is 0 Å². The van der Waals surface area contributed by atoms with Gasteiger partial charge in [0, 0.05) is 22.7 Å². The van der Waals surface area contributed by atoms with Crippen LogP contribution in [-0.2, 0) is 9.59 Å². The first kappa shape index (κ1) is 23.2. The van der Waals surface area contributed by atoms with Gasteiger partial charge in [0.05, 0.1) is 26.2 Å². The number of nitrogens with one attached hydrogen (secondary N) is 1. The molecule has 0 unspecified atom stereocenters. The van der Waals surface area contributed by atoms with Gasteiger partial charge in [0.1, 0.15) is 12.3 Å². The fourth-order valence-electron chi connectivity index (χ4n) is 3.61. The minimum absolute atomic E-state index is 0.175. The van der Waals surface area contributed by atoms with E-state index in [0.717, 1.165) is 27.4 Å². The summed E-state index contributed by atoms with van der Waals surface area (Å²) in [6.07, 6.45) is 1.54. The van der Waals surface area contributed by atoms with Crippen LogP contribution in [0.1, 0.15) is 5.56 Å². The van der Waals surface area contributed by atoms with Crippen molar-refractivity contribution in [3.05, 3.63) is 65.1 Å². The van der Waals surface area contributed by atoms with Crippen molar-refractivity contribution in [2.24, 2.45) is 0 Å². The quantitative estimate of drug-likeness (QED) is 0.498. The predicted molar refractivity (Wildman–Crippen MR) is 131 cm³/mol. The minimum Gasteiger partial charge on any atom is -0.496 e. The molecule has 0 bridgehead atoms. The number of amides is 3. The maximum atomic E-state index is 12.9. The molecule has 9 heteroatoms. The molecular formula is C25H22N2O6S. The van der Waals surface area contributed by atoms with Gasteiger partial charge in [-0.15, -0.1) is 0 Å². The van der Waals surface area contributed by atoms with Gasteiger partial charge in [-0.3, -0.25) is 19.3 Å². The zero-order valence-electron chi connectivity index (χ0n) is 18.8. The van der Waals surface area contributed by atoms with Crippen molar-refractivity contribution in [1.82, 2.24) is 4.90 Å². The molecule has 0 aromatic heterocycles. The molecule has 8 nitrogen and oxygen atoms in total. The predicted octanol–water partition coefficient (Wildman–Crippen LogP) is 4.54. The molecule has 0 radical (unpaired) electrons. The first-order valence-electron chi connectivity index (χ1n) is 10.3. The number of rotatable bonds is 7. The maximum Gasteiger partial charge on any atom is 0.294 e. The second kappa shape index (κ2) is 9.88. The Kier molecular flexibility index (Phi) is 6.74. The number of carbonyl (C=O) groups is 3. The van der Waals surface area contributed by atoms with Crippen LogP contribution in [-0.4, -0.2) is 49.8 Å². The first-order valence-corrected chi connectivity index (χ1v) is 11.1. The molecule has 1 saturated heterocycles. The summed E-state index contributed by atoms with van der Waals surface area (Å²) in [5, 5.41) is 4.11. The molecule has 0 atom stereocenters. The van der Waals surface area contributed by atoms with Crippen molar-refractivity contribution in [3.8, 4) is 17.2 Å². The lowest BCUT2D eigenvalue weighted by Crippen LogP contribution is -2.36. The highest BCUT2D eigenvalue weighted by molar-refractivity contribution is 8.18. The molecule has 1 fully saturated rings. The van der Waals surface area contributed by atoms with Crippen molar-refractivity contribution >= 4 is 51.4 Å². The van der Waals surface area contributed by atoms with Gasteiger partial charge in [-0.05, 0) is 35.4 Å². The SMILES string of the molecule is COc1cc(OC)c(OC)cc1/C=C1/SC(=O)N(CC(=O)Nc2cccc3ccccc23)C1=O. The van der Waals surface area contributed by atoms with Crippen LogP contribution in [0.3, 0.4) is 0 Å². The number of anilines is 1. The third-order valence-electron chi connectivity index (χ3n) is 5.26. The van der Waals surface area contributed by atoms with E-state index in [9.17, 15) is 14.4 Å². The molecule has 4 rings (SSSR count). The van der Waals surface area contributed by atoms with E-state index >= 15 is 0 Å². The summed E-state index contributed by atoms with van der Waals surface area (Å²) in [6, 6.07) is 16.4. The summed E-state index contributed by atoms with van der Waals surface area (Å²) >= 11 is 0.761. The summed E-state index contributed by atoms with van der Waals surface area (Å²) in [5.41, 5.74) is 1.14. The first-order chi connectivity index (χ1) is 16.4. The zero-order valence-corrected chi connectivity index (χ0v) is 19.6. The van der Waals surface area contributed by atoms with Crippen molar-refractivity contribution < 1.29 is 28.6 Å². The molecule has 3 aromatic rings. The zero-order chi connectivity index (χ0) is 24.2. The average molecular weight is 479 g/mol. The van der Waals surface area contributed by atoms with E-state index < -0.39 is 23.6 Å². The van der Waals surface area contributed by atoms with Gasteiger partial charge in [-0.1, -0.05) is 36.4 Å². The van der Waals surface area contributed by atoms with Crippen LogP contribution in [0.15, 0.2) is 59.5 Å². The molecule has 3 aromatic carbocycles. The highest BCUT2D eigenvalue weighted by atomic mass is 32.2. The van der Waals surface area contributed by atoms with E-state index in [0.29, 0.717) is 28.5 Å². The fourth-order valence-corrected chi connectivity index (χ4v) is 4.44. The van der Waals surface area contributed by atoms with E-state index in [1.807, 2.05) is 36.4 Å². The lowest BCUT2D eigenvalue weighted by molar-refractivity contribution is -0.127. The molecule has 0 spiro atoms. The molecule has 1 aliphatic heterocycles. The Balaban J connectivity index is 1.54. The molecule has 0 aliphatic carbocycles. The van der Waals surface area contributed by atoms with Crippen LogP contribution < -0.4 is 19.5 Å². The van der Waals surface area contributed by atoms with Gasteiger partial charge in [0.25, 0.3) is 11.1 Å². The molecule has 1 N–H and O–H groups in total. The van der Waals surface area contributed by atoms with Gasteiger partial charge >= 0.3 is 0 Å². The van der Waals surface area contributed by atoms with Crippen LogP contribution in [0.5, 0.6) is 17.2 Å². The van der Waals surface area contributed by atoms with Crippen molar-refractivity contribution in [3.63, 3.8) is 0 Å². The number of carbonyl (C=O) groups excluding carboxylic acids is 3. The van der Waals surface area contributed by atoms with Gasteiger partial charge in [0.2, 0.25) is 5.91 Å². The number of imide groups is 1. The van der Waals surface area contributed by atoms with Gasteiger partial charge in [0.15, 0.2) is 11.5 Å². The number of hydrogen-bond acceptors (Lipinski definition) is 7. The minimum atomic E-state index is -0.556. The standard InChI is InChI=1S/C25H22N2O6S/c1-31-19-13-21(33-3)20(32-2)11-16(19)12-22-24(29)27(25(30)34-22)14-23(28)26-18-10-6-8-15-7-4-5-9-17(15)18/h4-13H,14H2,1-3H3,(H,26,28)/b22-12+. The van der Waals surface area contributed by atoms with Gasteiger partial charge in [-0.2, -0.15) is 0 Å². The van der Waals surface area contributed by atoms with E-state index in [1.54, 1.807) is 18.2 Å². The Morgan fingerprint density at radius 1 is 0.941 bits per heavy atom. The topological polar surface area (TPSA) is 94.2 Å². The van der Waals surface area contributed by atoms with E-state index in [1.165, 1.54) is 27.4 Å². The average Bonchev–Trinajstić information content (AvgIpc) is 3.11. The number of fused-ring (bicyclic) bond motifs is 1. The monoisotopic (exact) mass is 478 g/mol. The molecular weight excluding hydrogens is 456 g/mol.